The van der Waals surface area contributed by atoms with Crippen molar-refractivity contribution in [2.24, 2.45) is 0 Å². The van der Waals surface area contributed by atoms with Crippen molar-refractivity contribution in [1.82, 2.24) is 0 Å². The van der Waals surface area contributed by atoms with E-state index in [2.05, 4.69) is 0 Å². The van der Waals surface area contributed by atoms with Crippen LogP contribution in [0.1, 0.15) is 28.7 Å². The van der Waals surface area contributed by atoms with Crippen LogP contribution in [-0.4, -0.2) is 42.4 Å². The SMILES string of the molecule is OCC1OC(OCc2ccccc2)C(OCc2ccccc2)CC(OCc2ccccc2)C1OCc1ccccc1. The number of aliphatic hydroxyl groups excluding tert-OH is 1. The summed E-state index contributed by atoms with van der Waals surface area (Å²) in [6.45, 7) is 1.25. The average Bonchev–Trinajstić information content (AvgIpc) is 3.18. The molecule has 4 aromatic rings. The van der Waals surface area contributed by atoms with Gasteiger partial charge in [0, 0.05) is 6.42 Å². The van der Waals surface area contributed by atoms with Crippen molar-refractivity contribution in [2.75, 3.05) is 6.61 Å². The quantitative estimate of drug-likeness (QED) is 0.217. The summed E-state index contributed by atoms with van der Waals surface area (Å²) in [4.78, 5) is 0. The fraction of sp³-hybridized carbons (Fsp3) is 0.314. The van der Waals surface area contributed by atoms with Gasteiger partial charge in [0.05, 0.1) is 39.1 Å². The number of benzene rings is 4. The maximum atomic E-state index is 10.5. The molecule has 1 aliphatic rings. The van der Waals surface area contributed by atoms with Crippen molar-refractivity contribution in [2.45, 2.75) is 63.6 Å². The number of aliphatic hydroxyl groups is 1. The Morgan fingerprint density at radius 1 is 0.512 bits per heavy atom. The second kappa shape index (κ2) is 15.6. The van der Waals surface area contributed by atoms with Crippen LogP contribution < -0.4 is 0 Å². The zero-order chi connectivity index (χ0) is 28.1. The second-order valence-corrected chi connectivity index (χ2v) is 10.2. The van der Waals surface area contributed by atoms with Crippen LogP contribution in [0.15, 0.2) is 121 Å². The standard InChI is InChI=1S/C35H38O6/c36-22-33-34(39-25-29-17-9-3-10-18-29)31(37-23-27-13-5-1-6-14-27)21-32(38-24-28-15-7-2-8-16-28)35(41-33)40-26-30-19-11-4-12-20-30/h1-20,31-36H,21-26H2. The fourth-order valence-electron chi connectivity index (χ4n) is 4.94. The summed E-state index contributed by atoms with van der Waals surface area (Å²) in [6, 6.07) is 40.0. The van der Waals surface area contributed by atoms with Crippen molar-refractivity contribution >= 4 is 0 Å². The van der Waals surface area contributed by atoms with E-state index in [9.17, 15) is 5.11 Å². The normalized spacial score (nSPS) is 22.7. The van der Waals surface area contributed by atoms with E-state index in [-0.39, 0.29) is 6.61 Å². The Hall–Kier alpha value is -3.36. The third-order valence-electron chi connectivity index (χ3n) is 7.15. The lowest BCUT2D eigenvalue weighted by Crippen LogP contribution is -2.43. The molecule has 6 nitrogen and oxygen atoms in total. The minimum atomic E-state index is -0.732. The molecule has 1 saturated heterocycles. The highest BCUT2D eigenvalue weighted by molar-refractivity contribution is 5.16. The third kappa shape index (κ3) is 8.81. The predicted octanol–water partition coefficient (Wildman–Crippen LogP) is 6.07. The molecule has 214 valence electrons. The highest BCUT2D eigenvalue weighted by Gasteiger charge is 2.42. The molecule has 0 radical (unpaired) electrons. The Morgan fingerprint density at radius 3 is 1.34 bits per heavy atom. The Kier molecular flexibility index (Phi) is 11.1. The van der Waals surface area contributed by atoms with Crippen molar-refractivity contribution in [1.29, 1.82) is 0 Å². The van der Waals surface area contributed by atoms with Gasteiger partial charge in [-0.1, -0.05) is 121 Å². The maximum Gasteiger partial charge on any atom is 0.184 e. The first kappa shape index (κ1) is 29.1. The smallest absolute Gasteiger partial charge is 0.184 e. The number of hydrogen-bond acceptors (Lipinski definition) is 6. The van der Waals surface area contributed by atoms with Gasteiger partial charge in [-0.15, -0.1) is 0 Å². The van der Waals surface area contributed by atoms with Crippen LogP contribution in [0.25, 0.3) is 0 Å². The lowest BCUT2D eigenvalue weighted by Gasteiger charge is -2.30. The van der Waals surface area contributed by atoms with Gasteiger partial charge in [0.25, 0.3) is 0 Å². The molecule has 1 heterocycles. The van der Waals surface area contributed by atoms with Gasteiger partial charge >= 0.3 is 0 Å². The molecule has 0 aromatic heterocycles. The second-order valence-electron chi connectivity index (χ2n) is 10.2. The Labute approximate surface area is 242 Å². The summed E-state index contributed by atoms with van der Waals surface area (Å²) in [7, 11) is 0. The van der Waals surface area contributed by atoms with Gasteiger partial charge in [-0.2, -0.15) is 0 Å². The van der Waals surface area contributed by atoms with Gasteiger partial charge in [0.15, 0.2) is 6.29 Å². The predicted molar refractivity (Wildman–Crippen MR) is 157 cm³/mol. The maximum absolute atomic E-state index is 10.5. The van der Waals surface area contributed by atoms with Crippen LogP contribution in [0.3, 0.4) is 0 Å². The molecule has 5 rings (SSSR count). The van der Waals surface area contributed by atoms with Crippen LogP contribution in [0.5, 0.6) is 0 Å². The molecule has 1 N–H and O–H groups in total. The van der Waals surface area contributed by atoms with Crippen molar-refractivity contribution in [3.05, 3.63) is 144 Å². The molecule has 1 fully saturated rings. The van der Waals surface area contributed by atoms with E-state index in [4.69, 9.17) is 23.7 Å². The minimum Gasteiger partial charge on any atom is -0.394 e. The first-order valence-electron chi connectivity index (χ1n) is 14.2. The summed E-state index contributed by atoms with van der Waals surface area (Å²) in [5.74, 6) is 0. The van der Waals surface area contributed by atoms with E-state index in [0.29, 0.717) is 32.8 Å². The Bertz CT molecular complexity index is 1260. The first-order valence-corrected chi connectivity index (χ1v) is 14.2. The molecule has 5 unspecified atom stereocenters. The monoisotopic (exact) mass is 554 g/mol. The first-order chi connectivity index (χ1) is 20.3. The third-order valence-corrected chi connectivity index (χ3v) is 7.15. The van der Waals surface area contributed by atoms with Crippen molar-refractivity contribution in [3.8, 4) is 0 Å². The number of hydrogen-bond donors (Lipinski definition) is 1. The molecule has 0 spiro atoms. The molecule has 1 aliphatic heterocycles. The molecule has 5 atom stereocenters. The molecule has 0 saturated carbocycles. The lowest BCUT2D eigenvalue weighted by atomic mass is 10.0. The fourth-order valence-corrected chi connectivity index (χ4v) is 4.94. The average molecular weight is 555 g/mol. The Balaban J connectivity index is 1.39. The van der Waals surface area contributed by atoms with Crippen LogP contribution in [0.2, 0.25) is 0 Å². The van der Waals surface area contributed by atoms with Crippen LogP contribution in [0, 0.1) is 0 Å². The zero-order valence-corrected chi connectivity index (χ0v) is 23.2. The molecular formula is C35H38O6. The lowest BCUT2D eigenvalue weighted by molar-refractivity contribution is -0.244. The van der Waals surface area contributed by atoms with Crippen LogP contribution in [-0.2, 0) is 50.1 Å². The van der Waals surface area contributed by atoms with E-state index >= 15 is 0 Å². The van der Waals surface area contributed by atoms with Crippen molar-refractivity contribution in [3.63, 3.8) is 0 Å². The van der Waals surface area contributed by atoms with E-state index < -0.39 is 30.7 Å². The molecule has 0 bridgehead atoms. The molecule has 0 aliphatic carbocycles. The summed E-state index contributed by atoms with van der Waals surface area (Å²) >= 11 is 0. The molecule has 0 amide bonds. The summed E-state index contributed by atoms with van der Waals surface area (Å²) in [5, 5.41) is 10.5. The van der Waals surface area contributed by atoms with Gasteiger partial charge in [0.1, 0.15) is 18.3 Å². The van der Waals surface area contributed by atoms with Gasteiger partial charge < -0.3 is 28.8 Å². The van der Waals surface area contributed by atoms with E-state index in [1.165, 1.54) is 0 Å². The largest absolute Gasteiger partial charge is 0.394 e. The number of rotatable bonds is 13. The topological polar surface area (TPSA) is 66.4 Å². The summed E-state index contributed by atoms with van der Waals surface area (Å²) in [6.07, 6.45) is -2.36. The zero-order valence-electron chi connectivity index (χ0n) is 23.2. The highest BCUT2D eigenvalue weighted by Crippen LogP contribution is 2.30. The number of ether oxygens (including phenoxy) is 5. The summed E-state index contributed by atoms with van der Waals surface area (Å²) < 4.78 is 32.2. The Morgan fingerprint density at radius 2 is 0.902 bits per heavy atom. The van der Waals surface area contributed by atoms with Gasteiger partial charge in [0.2, 0.25) is 0 Å². The van der Waals surface area contributed by atoms with Crippen molar-refractivity contribution < 1.29 is 28.8 Å². The molecule has 6 heteroatoms. The van der Waals surface area contributed by atoms with E-state index in [1.54, 1.807) is 0 Å². The molecule has 41 heavy (non-hydrogen) atoms. The molecular weight excluding hydrogens is 516 g/mol. The van der Waals surface area contributed by atoms with Gasteiger partial charge in [-0.05, 0) is 22.3 Å². The minimum absolute atomic E-state index is 0.249. The van der Waals surface area contributed by atoms with E-state index in [1.807, 2.05) is 121 Å². The summed E-state index contributed by atoms with van der Waals surface area (Å²) in [5.41, 5.74) is 4.16. The van der Waals surface area contributed by atoms with Gasteiger partial charge in [-0.3, -0.25) is 0 Å². The van der Waals surface area contributed by atoms with Gasteiger partial charge in [-0.25, -0.2) is 0 Å². The highest BCUT2D eigenvalue weighted by atomic mass is 16.7. The van der Waals surface area contributed by atoms with Crippen LogP contribution in [0.4, 0.5) is 0 Å². The van der Waals surface area contributed by atoms with Crippen LogP contribution >= 0.6 is 0 Å². The van der Waals surface area contributed by atoms with E-state index in [0.717, 1.165) is 22.3 Å². The molecule has 4 aromatic carbocycles.